The molecule has 5 nitrogen and oxygen atoms in total. The fourth-order valence-corrected chi connectivity index (χ4v) is 3.56. The lowest BCUT2D eigenvalue weighted by molar-refractivity contribution is -0.131. The Morgan fingerprint density at radius 1 is 1.04 bits per heavy atom. The Kier molecular flexibility index (Phi) is 5.86. The van der Waals surface area contributed by atoms with Crippen LogP contribution in [0.3, 0.4) is 0 Å². The number of nitrogens with zero attached hydrogens (tertiary/aromatic N) is 4. The predicted octanol–water partition coefficient (Wildman–Crippen LogP) is 3.00. The minimum atomic E-state index is 0.238. The number of aryl methyl sites for hydroxylation is 2. The van der Waals surface area contributed by atoms with E-state index in [0.29, 0.717) is 6.42 Å². The predicted molar refractivity (Wildman–Crippen MR) is 104 cm³/mol. The molecule has 26 heavy (non-hydrogen) atoms. The molecule has 0 atom stereocenters. The van der Waals surface area contributed by atoms with Crippen molar-refractivity contribution in [3.63, 3.8) is 0 Å². The normalized spacial score (nSPS) is 14.6. The largest absolute Gasteiger partial charge is 0.353 e. The first-order valence-corrected chi connectivity index (χ1v) is 9.55. The average Bonchev–Trinajstić information content (AvgIpc) is 2.69. The molecule has 0 N–H and O–H groups in total. The Bertz CT molecular complexity index is 752. The maximum absolute atomic E-state index is 12.0. The highest BCUT2D eigenvalue weighted by Gasteiger charge is 2.24. The molecule has 2 aromatic rings. The maximum atomic E-state index is 12.0. The summed E-state index contributed by atoms with van der Waals surface area (Å²) in [5.74, 6) is 2.10. The first-order chi connectivity index (χ1) is 12.6. The van der Waals surface area contributed by atoms with Crippen LogP contribution in [0.1, 0.15) is 42.9 Å². The van der Waals surface area contributed by atoms with Gasteiger partial charge in [-0.1, -0.05) is 44.2 Å². The Morgan fingerprint density at radius 3 is 2.35 bits per heavy atom. The summed E-state index contributed by atoms with van der Waals surface area (Å²) in [6.45, 7) is 9.22. The van der Waals surface area contributed by atoms with E-state index in [1.807, 2.05) is 24.8 Å². The topological polar surface area (TPSA) is 49.3 Å². The van der Waals surface area contributed by atoms with E-state index in [0.717, 1.165) is 56.4 Å². The molecule has 0 spiro atoms. The number of amides is 1. The van der Waals surface area contributed by atoms with E-state index in [1.54, 1.807) is 0 Å². The van der Waals surface area contributed by atoms with Gasteiger partial charge in [0.1, 0.15) is 11.6 Å². The highest BCUT2D eigenvalue weighted by atomic mass is 16.2. The molecule has 5 heteroatoms. The maximum Gasteiger partial charge on any atom is 0.222 e. The fourth-order valence-electron chi connectivity index (χ4n) is 3.56. The lowest BCUT2D eigenvalue weighted by Crippen LogP contribution is -2.49. The number of carbonyl (C=O) groups excluding carboxylic acids is 1. The molecule has 0 aliphatic carbocycles. The molecule has 138 valence electrons. The number of piperazine rings is 1. The van der Waals surface area contributed by atoms with Crippen LogP contribution < -0.4 is 4.90 Å². The molecule has 1 aliphatic rings. The zero-order chi connectivity index (χ0) is 18.5. The molecule has 1 fully saturated rings. The first kappa shape index (κ1) is 18.4. The number of carbonyl (C=O) groups is 1. The van der Waals surface area contributed by atoms with Crippen molar-refractivity contribution in [3.8, 4) is 0 Å². The van der Waals surface area contributed by atoms with E-state index < -0.39 is 0 Å². The van der Waals surface area contributed by atoms with Crippen LogP contribution in [0.2, 0.25) is 0 Å². The van der Waals surface area contributed by atoms with E-state index in [-0.39, 0.29) is 5.91 Å². The van der Waals surface area contributed by atoms with E-state index in [9.17, 15) is 4.79 Å². The zero-order valence-electron chi connectivity index (χ0n) is 16.0. The molecule has 0 bridgehead atoms. The van der Waals surface area contributed by atoms with Crippen molar-refractivity contribution >= 4 is 11.7 Å². The summed E-state index contributed by atoms with van der Waals surface area (Å²) >= 11 is 0. The van der Waals surface area contributed by atoms with Gasteiger partial charge in [0.2, 0.25) is 5.91 Å². The Labute approximate surface area is 156 Å². The average molecular weight is 352 g/mol. The van der Waals surface area contributed by atoms with Crippen molar-refractivity contribution in [2.45, 2.75) is 40.0 Å². The quantitative estimate of drug-likeness (QED) is 0.830. The molecule has 0 radical (unpaired) electrons. The minimum absolute atomic E-state index is 0.238. The van der Waals surface area contributed by atoms with E-state index >= 15 is 0 Å². The standard InChI is InChI=1S/C21H28N4O/c1-4-19-18(15-17-9-7-6-8-10-17)21(23-16(3)22-19)25-13-11-24(12-14-25)20(26)5-2/h6-10H,4-5,11-15H2,1-3H3. The summed E-state index contributed by atoms with van der Waals surface area (Å²) in [5.41, 5.74) is 3.62. The second kappa shape index (κ2) is 8.30. The SMILES string of the molecule is CCC(=O)N1CCN(c2nc(C)nc(CC)c2Cc2ccccc2)CC1. The van der Waals surface area contributed by atoms with Gasteiger partial charge in [-0.05, 0) is 18.9 Å². The smallest absolute Gasteiger partial charge is 0.222 e. The Morgan fingerprint density at radius 2 is 1.73 bits per heavy atom. The van der Waals surface area contributed by atoms with Crippen molar-refractivity contribution in [1.82, 2.24) is 14.9 Å². The second-order valence-electron chi connectivity index (χ2n) is 6.76. The van der Waals surface area contributed by atoms with Crippen LogP contribution in [0.4, 0.5) is 5.82 Å². The number of rotatable bonds is 5. The van der Waals surface area contributed by atoms with Gasteiger partial charge in [0.05, 0.1) is 0 Å². The third kappa shape index (κ3) is 4.03. The number of benzene rings is 1. The molecule has 1 amide bonds. The Balaban J connectivity index is 1.88. The van der Waals surface area contributed by atoms with Crippen molar-refractivity contribution in [1.29, 1.82) is 0 Å². The van der Waals surface area contributed by atoms with Gasteiger partial charge < -0.3 is 9.80 Å². The monoisotopic (exact) mass is 352 g/mol. The van der Waals surface area contributed by atoms with Crippen LogP contribution in [-0.2, 0) is 17.6 Å². The number of aromatic nitrogens is 2. The minimum Gasteiger partial charge on any atom is -0.353 e. The molecule has 2 heterocycles. The van der Waals surface area contributed by atoms with Gasteiger partial charge in [-0.3, -0.25) is 4.79 Å². The summed E-state index contributed by atoms with van der Waals surface area (Å²) < 4.78 is 0. The summed E-state index contributed by atoms with van der Waals surface area (Å²) in [5, 5.41) is 0. The number of hydrogen-bond acceptors (Lipinski definition) is 4. The summed E-state index contributed by atoms with van der Waals surface area (Å²) in [4.78, 5) is 25.7. The van der Waals surface area contributed by atoms with Gasteiger partial charge in [0.25, 0.3) is 0 Å². The van der Waals surface area contributed by atoms with Gasteiger partial charge in [-0.2, -0.15) is 0 Å². The summed E-state index contributed by atoms with van der Waals surface area (Å²) in [6.07, 6.45) is 2.31. The summed E-state index contributed by atoms with van der Waals surface area (Å²) in [6, 6.07) is 10.5. The molecule has 1 aromatic carbocycles. The van der Waals surface area contributed by atoms with Crippen LogP contribution >= 0.6 is 0 Å². The molecule has 0 unspecified atom stereocenters. The third-order valence-electron chi connectivity index (χ3n) is 4.98. The third-order valence-corrected chi connectivity index (χ3v) is 4.98. The summed E-state index contributed by atoms with van der Waals surface area (Å²) in [7, 11) is 0. The lowest BCUT2D eigenvalue weighted by Gasteiger charge is -2.36. The van der Waals surface area contributed by atoms with Crippen molar-refractivity contribution in [2.75, 3.05) is 31.1 Å². The van der Waals surface area contributed by atoms with Crippen molar-refractivity contribution in [2.24, 2.45) is 0 Å². The molecule has 0 saturated carbocycles. The van der Waals surface area contributed by atoms with Crippen LogP contribution in [0, 0.1) is 6.92 Å². The molecule has 1 aromatic heterocycles. The fraction of sp³-hybridized carbons (Fsp3) is 0.476. The van der Waals surface area contributed by atoms with Crippen LogP contribution in [0.15, 0.2) is 30.3 Å². The van der Waals surface area contributed by atoms with E-state index in [2.05, 4.69) is 36.1 Å². The van der Waals surface area contributed by atoms with Gasteiger partial charge in [-0.15, -0.1) is 0 Å². The molecule has 1 saturated heterocycles. The molecule has 3 rings (SSSR count). The Hall–Kier alpha value is -2.43. The van der Waals surface area contributed by atoms with E-state index in [1.165, 1.54) is 11.1 Å². The molecular formula is C21H28N4O. The van der Waals surface area contributed by atoms with Gasteiger partial charge in [-0.25, -0.2) is 9.97 Å². The first-order valence-electron chi connectivity index (χ1n) is 9.55. The van der Waals surface area contributed by atoms with Crippen LogP contribution in [0.5, 0.6) is 0 Å². The van der Waals surface area contributed by atoms with Gasteiger partial charge in [0, 0.05) is 50.3 Å². The van der Waals surface area contributed by atoms with E-state index in [4.69, 9.17) is 9.97 Å². The number of hydrogen-bond donors (Lipinski definition) is 0. The lowest BCUT2D eigenvalue weighted by atomic mass is 10.0. The van der Waals surface area contributed by atoms with Crippen LogP contribution in [-0.4, -0.2) is 47.0 Å². The van der Waals surface area contributed by atoms with Gasteiger partial charge in [0.15, 0.2) is 0 Å². The molecule has 1 aliphatic heterocycles. The molecular weight excluding hydrogens is 324 g/mol. The zero-order valence-corrected chi connectivity index (χ0v) is 16.0. The van der Waals surface area contributed by atoms with Crippen molar-refractivity contribution < 1.29 is 4.79 Å². The van der Waals surface area contributed by atoms with Crippen LogP contribution in [0.25, 0.3) is 0 Å². The highest BCUT2D eigenvalue weighted by molar-refractivity contribution is 5.76. The number of anilines is 1. The van der Waals surface area contributed by atoms with Gasteiger partial charge >= 0.3 is 0 Å². The van der Waals surface area contributed by atoms with Crippen molar-refractivity contribution in [3.05, 3.63) is 53.0 Å². The highest BCUT2D eigenvalue weighted by Crippen LogP contribution is 2.26. The second-order valence-corrected chi connectivity index (χ2v) is 6.76.